The maximum atomic E-state index is 12.2. The van der Waals surface area contributed by atoms with Crippen molar-refractivity contribution < 1.29 is 9.53 Å². The molecular weight excluding hydrogens is 600 g/mol. The Morgan fingerprint density at radius 1 is 0.889 bits per heavy atom. The van der Waals surface area contributed by atoms with Crippen LogP contribution in [0.5, 0.6) is 0 Å². The molecule has 0 radical (unpaired) electrons. The number of esters is 1. The predicted octanol–water partition coefficient (Wildman–Crippen LogP) is 3.94. The van der Waals surface area contributed by atoms with Gasteiger partial charge in [0, 0.05) is 0 Å². The Hall–Kier alpha value is -0.0121. The molecule has 0 bridgehead atoms. The van der Waals surface area contributed by atoms with Gasteiger partial charge in [0.25, 0.3) is 0 Å². The van der Waals surface area contributed by atoms with Gasteiger partial charge < -0.3 is 0 Å². The van der Waals surface area contributed by atoms with E-state index in [1.54, 1.807) is 6.74 Å². The fraction of sp³-hybridized carbons (Fsp3) is 0.381. The van der Waals surface area contributed by atoms with Gasteiger partial charge in [0.2, 0.25) is 0 Å². The fourth-order valence-electron chi connectivity index (χ4n) is 2.68. The van der Waals surface area contributed by atoms with Gasteiger partial charge in [-0.2, -0.15) is 0 Å². The van der Waals surface area contributed by atoms with Crippen LogP contribution in [0.2, 0.25) is 0 Å². The van der Waals surface area contributed by atoms with Crippen molar-refractivity contribution in [2.24, 2.45) is 0 Å². The molecular formula is C21H24O2Se4. The van der Waals surface area contributed by atoms with Crippen molar-refractivity contribution in [3.8, 4) is 0 Å². The average molecular weight is 624 g/mol. The molecule has 6 heteroatoms. The monoisotopic (exact) mass is 628 g/mol. The number of carbonyl (C=O) groups excluding carboxylic acids is 1. The Morgan fingerprint density at radius 3 is 2.33 bits per heavy atom. The van der Waals surface area contributed by atoms with Crippen LogP contribution in [0.1, 0.15) is 61.4 Å². The second-order valence-corrected chi connectivity index (χ2v) is 16.8. The van der Waals surface area contributed by atoms with E-state index in [1.807, 2.05) is 12.1 Å². The zero-order chi connectivity index (χ0) is 18.9. The Balaban J connectivity index is 1.43. The number of unbranched alkanes of at least 4 members (excludes halogenated alkanes) is 5. The molecule has 0 unspecified atom stereocenters. The molecule has 1 aromatic rings. The van der Waals surface area contributed by atoms with Gasteiger partial charge in [-0.05, 0) is 0 Å². The minimum absolute atomic E-state index is 0.185. The van der Waals surface area contributed by atoms with Crippen LogP contribution in [-0.2, 0) is 4.74 Å². The number of benzene rings is 1. The van der Waals surface area contributed by atoms with Gasteiger partial charge >= 0.3 is 169 Å². The predicted molar refractivity (Wildman–Crippen MR) is 117 cm³/mol. The van der Waals surface area contributed by atoms with Crippen LogP contribution in [0.3, 0.4) is 0 Å². The third-order valence-electron chi connectivity index (χ3n) is 4.18. The van der Waals surface area contributed by atoms with E-state index in [4.69, 9.17) is 4.74 Å². The van der Waals surface area contributed by atoms with Crippen LogP contribution in [0.4, 0.5) is 0 Å². The van der Waals surface area contributed by atoms with Gasteiger partial charge in [-0.15, -0.1) is 0 Å². The van der Waals surface area contributed by atoms with Gasteiger partial charge in [0.1, 0.15) is 0 Å². The van der Waals surface area contributed by atoms with Gasteiger partial charge in [0.15, 0.2) is 0 Å². The van der Waals surface area contributed by atoms with Crippen molar-refractivity contribution in [1.82, 2.24) is 0 Å². The molecule has 0 aliphatic carbocycles. The van der Waals surface area contributed by atoms with E-state index < -0.39 is 0 Å². The quantitative estimate of drug-likeness (QED) is 0.237. The molecule has 0 N–H and O–H groups in total. The van der Waals surface area contributed by atoms with Crippen LogP contribution in [-0.4, -0.2) is 72.4 Å². The molecule has 0 saturated heterocycles. The standard InChI is InChI=1S/C21H24O2Se4/c1-2-3-4-5-6-7-12-23-19(22)17-10-8-16(9-11-17)18-15-26-21(27-18)20-24-13-14-25-20/h8-11,13-15H,2-7,12H2,1H3. The summed E-state index contributed by atoms with van der Waals surface area (Å²) in [5, 5.41) is 0. The van der Waals surface area contributed by atoms with E-state index in [9.17, 15) is 4.79 Å². The third-order valence-corrected chi connectivity index (χ3v) is 19.0. The Morgan fingerprint density at radius 2 is 1.59 bits per heavy atom. The van der Waals surface area contributed by atoms with Gasteiger partial charge in [-0.1, -0.05) is 19.8 Å². The summed E-state index contributed by atoms with van der Waals surface area (Å²) in [6.07, 6.45) is 7.24. The first kappa shape index (κ1) is 21.7. The topological polar surface area (TPSA) is 26.3 Å². The maximum absolute atomic E-state index is 12.2. The SMILES string of the molecule is CCCCCCCCOC(=O)c1ccc(C2=C[Se]C(=C3[Se]C=C[Se]3)[Se]2)cc1. The van der Waals surface area contributed by atoms with Crippen molar-refractivity contribution in [2.45, 2.75) is 45.4 Å². The molecule has 0 saturated carbocycles. The van der Waals surface area contributed by atoms with Crippen LogP contribution < -0.4 is 0 Å². The Bertz CT molecular complexity index is 725. The van der Waals surface area contributed by atoms with Gasteiger partial charge in [0.05, 0.1) is 0 Å². The molecule has 0 atom stereocenters. The van der Waals surface area contributed by atoms with Gasteiger partial charge in [-0.25, -0.2) is 0 Å². The summed E-state index contributed by atoms with van der Waals surface area (Å²) < 4.78 is 10.5. The van der Waals surface area contributed by atoms with Crippen LogP contribution in [0, 0.1) is 0 Å². The fourth-order valence-corrected chi connectivity index (χ4v) is 16.4. The van der Waals surface area contributed by atoms with E-state index in [2.05, 4.69) is 34.0 Å². The molecule has 2 aliphatic rings. The zero-order valence-electron chi connectivity index (χ0n) is 15.4. The van der Waals surface area contributed by atoms with Crippen molar-refractivity contribution in [3.63, 3.8) is 0 Å². The molecule has 2 nitrogen and oxygen atoms in total. The molecule has 27 heavy (non-hydrogen) atoms. The average Bonchev–Trinajstić information content (AvgIpc) is 3.39. The second kappa shape index (κ2) is 11.9. The molecule has 0 amide bonds. The summed E-state index contributed by atoms with van der Waals surface area (Å²) in [4.78, 5) is 19.4. The number of rotatable bonds is 9. The Kier molecular flexibility index (Phi) is 9.53. The molecule has 0 aromatic heterocycles. The molecule has 0 spiro atoms. The normalized spacial score (nSPS) is 16.1. The van der Waals surface area contributed by atoms with E-state index in [1.165, 1.54) is 35.7 Å². The molecule has 3 rings (SSSR count). The van der Waals surface area contributed by atoms with Crippen LogP contribution >= 0.6 is 0 Å². The number of hydrogen-bond acceptors (Lipinski definition) is 2. The number of hydrogen-bond donors (Lipinski definition) is 0. The first-order chi connectivity index (χ1) is 13.3. The first-order valence-corrected chi connectivity index (χ1v) is 16.6. The minimum atomic E-state index is -0.185. The van der Waals surface area contributed by atoms with E-state index in [-0.39, 0.29) is 5.97 Å². The summed E-state index contributed by atoms with van der Waals surface area (Å²) in [6.45, 7) is 2.76. The summed E-state index contributed by atoms with van der Waals surface area (Å²) in [7, 11) is 0. The summed E-state index contributed by atoms with van der Waals surface area (Å²) in [5.41, 5.74) is 1.96. The molecule has 2 heterocycles. The molecule has 2 aliphatic heterocycles. The third kappa shape index (κ3) is 6.77. The van der Waals surface area contributed by atoms with E-state index in [0.717, 1.165) is 12.8 Å². The zero-order valence-corrected chi connectivity index (χ0v) is 22.3. The van der Waals surface area contributed by atoms with Crippen LogP contribution in [0.15, 0.2) is 45.9 Å². The van der Waals surface area contributed by atoms with Crippen molar-refractivity contribution in [1.29, 1.82) is 0 Å². The molecule has 144 valence electrons. The van der Waals surface area contributed by atoms with Crippen molar-refractivity contribution in [3.05, 3.63) is 57.1 Å². The first-order valence-electron chi connectivity index (χ1n) is 9.33. The number of carbonyl (C=O) groups is 1. The summed E-state index contributed by atoms with van der Waals surface area (Å²) in [5.74, 6) is -0.185. The second-order valence-electron chi connectivity index (χ2n) is 6.27. The van der Waals surface area contributed by atoms with E-state index in [0.29, 0.717) is 72.0 Å². The Labute approximate surface area is 187 Å². The van der Waals surface area contributed by atoms with E-state index >= 15 is 0 Å². The van der Waals surface area contributed by atoms with Crippen LogP contribution in [0.25, 0.3) is 4.47 Å². The summed E-state index contributed by atoms with van der Waals surface area (Å²) in [6, 6.07) is 8.06. The molecule has 0 fully saturated rings. The van der Waals surface area contributed by atoms with Crippen molar-refractivity contribution in [2.75, 3.05) is 6.61 Å². The van der Waals surface area contributed by atoms with Crippen molar-refractivity contribution >= 4 is 70.3 Å². The number of ether oxygens (including phenoxy) is 1. The van der Waals surface area contributed by atoms with Gasteiger partial charge in [-0.3, -0.25) is 0 Å². The summed E-state index contributed by atoms with van der Waals surface area (Å²) >= 11 is 2.30. The molecule has 1 aromatic carbocycles.